The number of rotatable bonds is 2. The van der Waals surface area contributed by atoms with Gasteiger partial charge in [-0.05, 0) is 19.3 Å². The van der Waals surface area contributed by atoms with E-state index in [1.165, 1.54) is 0 Å². The number of hydrogen-bond donors (Lipinski definition) is 2. The van der Waals surface area contributed by atoms with E-state index in [0.717, 1.165) is 25.9 Å². The summed E-state index contributed by atoms with van der Waals surface area (Å²) in [5.74, 6) is 1.41. The molecule has 2 heterocycles. The molecule has 2 rings (SSSR count). The van der Waals surface area contributed by atoms with Gasteiger partial charge in [0.05, 0.1) is 12.6 Å². The molecule has 0 saturated carbocycles. The number of carbonyl (C=O) groups excluding carboxylic acids is 1. The molecule has 0 aromatic heterocycles. The van der Waals surface area contributed by atoms with Gasteiger partial charge in [-0.2, -0.15) is 0 Å². The van der Waals surface area contributed by atoms with Crippen LogP contribution in [0, 0.1) is 0 Å². The van der Waals surface area contributed by atoms with Gasteiger partial charge in [-0.25, -0.2) is 4.79 Å². The van der Waals surface area contributed by atoms with Crippen LogP contribution < -0.4 is 10.6 Å². The summed E-state index contributed by atoms with van der Waals surface area (Å²) in [6.07, 6.45) is 2.53. The monoisotopic (exact) mass is 246 g/mol. The van der Waals surface area contributed by atoms with Crippen molar-refractivity contribution in [3.05, 3.63) is 0 Å². The van der Waals surface area contributed by atoms with E-state index in [9.17, 15) is 9.00 Å². The Morgan fingerprint density at radius 1 is 1.12 bits per heavy atom. The fraction of sp³-hybridized carbons (Fsp3) is 0.900. The van der Waals surface area contributed by atoms with Crippen LogP contribution >= 0.6 is 0 Å². The maximum Gasteiger partial charge on any atom is 0.315 e. The maximum absolute atomic E-state index is 11.6. The van der Waals surface area contributed by atoms with E-state index in [-0.39, 0.29) is 18.1 Å². The molecule has 2 fully saturated rings. The average molecular weight is 246 g/mol. The van der Waals surface area contributed by atoms with E-state index < -0.39 is 10.8 Å². The summed E-state index contributed by atoms with van der Waals surface area (Å²) in [4.78, 5) is 11.6. The van der Waals surface area contributed by atoms with Crippen molar-refractivity contribution in [1.82, 2.24) is 10.6 Å². The largest absolute Gasteiger partial charge is 0.379 e. The Kier molecular flexibility index (Phi) is 4.17. The van der Waals surface area contributed by atoms with Crippen molar-refractivity contribution in [2.45, 2.75) is 31.3 Å². The predicted octanol–water partition coefficient (Wildman–Crippen LogP) is -0.0144. The molecule has 0 aromatic carbocycles. The number of hydrogen-bond acceptors (Lipinski definition) is 3. The molecular weight excluding hydrogens is 228 g/mol. The molecule has 2 N–H and O–H groups in total. The van der Waals surface area contributed by atoms with Gasteiger partial charge >= 0.3 is 6.03 Å². The van der Waals surface area contributed by atoms with Crippen LogP contribution in [0.25, 0.3) is 0 Å². The van der Waals surface area contributed by atoms with Gasteiger partial charge in [0.15, 0.2) is 0 Å². The standard InChI is InChI=1S/C10H18N2O3S/c13-10(12-9-1-4-15-7-9)11-8-2-5-16(14)6-3-8/h8-9H,1-7H2,(H2,11,12,13). The molecule has 1 unspecified atom stereocenters. The highest BCUT2D eigenvalue weighted by Crippen LogP contribution is 2.09. The van der Waals surface area contributed by atoms with Gasteiger partial charge in [0.1, 0.15) is 0 Å². The fourth-order valence-corrected chi connectivity index (χ4v) is 3.30. The summed E-state index contributed by atoms with van der Waals surface area (Å²) < 4.78 is 16.3. The topological polar surface area (TPSA) is 67.4 Å². The molecule has 6 heteroatoms. The van der Waals surface area contributed by atoms with E-state index in [4.69, 9.17) is 4.74 Å². The number of ether oxygens (including phenoxy) is 1. The molecular formula is C10H18N2O3S. The molecule has 0 aliphatic carbocycles. The number of nitrogens with one attached hydrogen (secondary N) is 2. The molecule has 5 nitrogen and oxygen atoms in total. The number of carbonyl (C=O) groups is 1. The summed E-state index contributed by atoms with van der Waals surface area (Å²) in [5, 5.41) is 5.81. The Morgan fingerprint density at radius 3 is 2.44 bits per heavy atom. The fourth-order valence-electron chi connectivity index (χ4n) is 2.00. The highest BCUT2D eigenvalue weighted by Gasteiger charge is 2.22. The summed E-state index contributed by atoms with van der Waals surface area (Å²) in [6.45, 7) is 1.34. The van der Waals surface area contributed by atoms with Crippen LogP contribution in [0.3, 0.4) is 0 Å². The molecule has 2 aliphatic rings. The first kappa shape index (κ1) is 11.9. The molecule has 0 spiro atoms. The van der Waals surface area contributed by atoms with Crippen molar-refractivity contribution in [3.8, 4) is 0 Å². The van der Waals surface area contributed by atoms with Crippen LogP contribution in [-0.2, 0) is 15.5 Å². The van der Waals surface area contributed by atoms with Crippen molar-refractivity contribution in [3.63, 3.8) is 0 Å². The van der Waals surface area contributed by atoms with Crippen LogP contribution in [0.4, 0.5) is 4.79 Å². The second-order valence-corrected chi connectivity index (χ2v) is 6.00. The van der Waals surface area contributed by atoms with E-state index in [0.29, 0.717) is 18.1 Å². The van der Waals surface area contributed by atoms with Gasteiger partial charge in [0, 0.05) is 35.0 Å². The van der Waals surface area contributed by atoms with Crippen LogP contribution in [0.5, 0.6) is 0 Å². The Labute approximate surface area is 97.8 Å². The summed E-state index contributed by atoms with van der Waals surface area (Å²) in [6, 6.07) is 0.214. The van der Waals surface area contributed by atoms with Crippen molar-refractivity contribution < 1.29 is 13.7 Å². The van der Waals surface area contributed by atoms with Gasteiger partial charge < -0.3 is 15.4 Å². The highest BCUT2D eigenvalue weighted by atomic mass is 32.2. The van der Waals surface area contributed by atoms with Gasteiger partial charge in [0.25, 0.3) is 0 Å². The lowest BCUT2D eigenvalue weighted by atomic mass is 10.1. The Morgan fingerprint density at radius 2 is 1.81 bits per heavy atom. The lowest BCUT2D eigenvalue weighted by Crippen LogP contribution is -2.48. The van der Waals surface area contributed by atoms with Crippen molar-refractivity contribution in [2.24, 2.45) is 0 Å². The maximum atomic E-state index is 11.6. The molecule has 2 saturated heterocycles. The SMILES string of the molecule is O=C(NC1CCS(=O)CC1)NC1CCOC1. The van der Waals surface area contributed by atoms with E-state index in [1.54, 1.807) is 0 Å². The van der Waals surface area contributed by atoms with Crippen LogP contribution in [0.15, 0.2) is 0 Å². The van der Waals surface area contributed by atoms with Crippen molar-refractivity contribution in [1.29, 1.82) is 0 Å². The smallest absolute Gasteiger partial charge is 0.315 e. The summed E-state index contributed by atoms with van der Waals surface area (Å²) >= 11 is 0. The molecule has 2 amide bonds. The normalized spacial score (nSPS) is 34.6. The number of amides is 2. The molecule has 16 heavy (non-hydrogen) atoms. The Balaban J connectivity index is 1.68. The number of urea groups is 1. The zero-order valence-corrected chi connectivity index (χ0v) is 10.1. The molecule has 92 valence electrons. The third-order valence-corrected chi connectivity index (χ3v) is 4.37. The van der Waals surface area contributed by atoms with Gasteiger partial charge in [-0.1, -0.05) is 0 Å². The lowest BCUT2D eigenvalue weighted by Gasteiger charge is -2.23. The zero-order valence-electron chi connectivity index (χ0n) is 9.24. The highest BCUT2D eigenvalue weighted by molar-refractivity contribution is 7.85. The average Bonchev–Trinajstić information content (AvgIpc) is 2.74. The van der Waals surface area contributed by atoms with Gasteiger partial charge in [-0.15, -0.1) is 0 Å². The van der Waals surface area contributed by atoms with E-state index in [2.05, 4.69) is 10.6 Å². The summed E-state index contributed by atoms with van der Waals surface area (Å²) in [5.41, 5.74) is 0. The van der Waals surface area contributed by atoms with Crippen molar-refractivity contribution in [2.75, 3.05) is 24.7 Å². The third kappa shape index (κ3) is 3.45. The van der Waals surface area contributed by atoms with Gasteiger partial charge in [-0.3, -0.25) is 4.21 Å². The van der Waals surface area contributed by atoms with E-state index in [1.807, 2.05) is 0 Å². The molecule has 0 bridgehead atoms. The first-order valence-corrected chi connectivity index (χ1v) is 7.22. The third-order valence-electron chi connectivity index (χ3n) is 2.99. The molecule has 1 atom stereocenters. The van der Waals surface area contributed by atoms with Gasteiger partial charge in [0.2, 0.25) is 0 Å². The first-order chi connectivity index (χ1) is 7.74. The quantitative estimate of drug-likeness (QED) is 0.720. The predicted molar refractivity (Wildman–Crippen MR) is 61.8 cm³/mol. The molecule has 0 aromatic rings. The lowest BCUT2D eigenvalue weighted by molar-refractivity contribution is 0.188. The second kappa shape index (κ2) is 5.63. The zero-order chi connectivity index (χ0) is 11.4. The Hall–Kier alpha value is -0.620. The van der Waals surface area contributed by atoms with Crippen LogP contribution in [0.2, 0.25) is 0 Å². The van der Waals surface area contributed by atoms with Crippen LogP contribution in [-0.4, -0.2) is 47.0 Å². The summed E-state index contributed by atoms with van der Waals surface area (Å²) in [7, 11) is -0.671. The molecule has 2 aliphatic heterocycles. The first-order valence-electron chi connectivity index (χ1n) is 5.74. The minimum atomic E-state index is -0.671. The minimum absolute atomic E-state index is 0.117. The van der Waals surface area contributed by atoms with Crippen LogP contribution in [0.1, 0.15) is 19.3 Å². The van der Waals surface area contributed by atoms with E-state index >= 15 is 0 Å². The molecule has 0 radical (unpaired) electrons. The second-order valence-electron chi connectivity index (χ2n) is 4.30. The van der Waals surface area contributed by atoms with Crippen molar-refractivity contribution >= 4 is 16.8 Å². The Bertz CT molecular complexity index is 269. The minimum Gasteiger partial charge on any atom is -0.379 e.